The Morgan fingerprint density at radius 3 is 2.24 bits per heavy atom. The van der Waals surface area contributed by atoms with Crippen LogP contribution in [-0.2, 0) is 15.7 Å². The summed E-state index contributed by atoms with van der Waals surface area (Å²) in [6, 6.07) is 3.82. The fourth-order valence-corrected chi connectivity index (χ4v) is 1.55. The summed E-state index contributed by atoms with van der Waals surface area (Å²) >= 11 is 0. The minimum Gasteiger partial charge on any atom is -0.464 e. The second-order valence-electron chi connectivity index (χ2n) is 4.46. The van der Waals surface area contributed by atoms with Crippen LogP contribution in [-0.4, -0.2) is 37.0 Å². The molecule has 1 aromatic carbocycles. The monoisotopic (exact) mass is 303 g/mol. The van der Waals surface area contributed by atoms with Gasteiger partial charge in [0.15, 0.2) is 0 Å². The van der Waals surface area contributed by atoms with Crippen LogP contribution < -0.4 is 0 Å². The minimum atomic E-state index is -4.45. The molecule has 21 heavy (non-hydrogen) atoms. The molecule has 0 aliphatic carbocycles. The lowest BCUT2D eigenvalue weighted by Crippen LogP contribution is -2.33. The van der Waals surface area contributed by atoms with Crippen molar-refractivity contribution in [3.8, 4) is 0 Å². The van der Waals surface area contributed by atoms with E-state index in [0.717, 1.165) is 29.2 Å². The molecular weight excluding hydrogens is 287 g/mol. The number of carbonyl (C=O) groups excluding carboxylic acids is 2. The summed E-state index contributed by atoms with van der Waals surface area (Å²) in [7, 11) is 1.38. The molecule has 1 amide bonds. The van der Waals surface area contributed by atoms with Crippen LogP contribution in [0.15, 0.2) is 24.3 Å². The van der Waals surface area contributed by atoms with Gasteiger partial charge in [-0.25, -0.2) is 0 Å². The zero-order chi connectivity index (χ0) is 16.0. The Balaban J connectivity index is 2.68. The van der Waals surface area contributed by atoms with E-state index in [1.165, 1.54) is 7.05 Å². The van der Waals surface area contributed by atoms with Crippen LogP contribution in [0.1, 0.15) is 29.3 Å². The van der Waals surface area contributed by atoms with E-state index < -0.39 is 23.6 Å². The van der Waals surface area contributed by atoms with Crippen molar-refractivity contribution in [2.75, 3.05) is 20.2 Å². The lowest BCUT2D eigenvalue weighted by Gasteiger charge is -2.16. The number of rotatable bonds is 5. The van der Waals surface area contributed by atoms with Gasteiger partial charge in [-0.05, 0) is 30.7 Å². The first-order valence-electron chi connectivity index (χ1n) is 6.34. The second kappa shape index (κ2) is 7.10. The maximum absolute atomic E-state index is 12.4. The van der Waals surface area contributed by atoms with Crippen LogP contribution in [0, 0.1) is 0 Å². The number of benzene rings is 1. The molecule has 0 N–H and O–H groups in total. The van der Waals surface area contributed by atoms with Crippen LogP contribution in [0.25, 0.3) is 0 Å². The molecule has 0 radical (unpaired) electrons. The number of carbonyl (C=O) groups is 2. The first kappa shape index (κ1) is 17.0. The summed E-state index contributed by atoms with van der Waals surface area (Å²) in [4.78, 5) is 24.4. The predicted molar refractivity (Wildman–Crippen MR) is 69.7 cm³/mol. The largest absolute Gasteiger partial charge is 0.464 e. The van der Waals surface area contributed by atoms with Crippen molar-refractivity contribution in [3.63, 3.8) is 0 Å². The predicted octanol–water partition coefficient (Wildman–Crippen LogP) is 2.73. The number of hydrogen-bond acceptors (Lipinski definition) is 3. The molecule has 1 aromatic rings. The van der Waals surface area contributed by atoms with Crippen molar-refractivity contribution in [1.29, 1.82) is 0 Å². The molecule has 1 rings (SSSR count). The third-order valence-electron chi connectivity index (χ3n) is 2.64. The van der Waals surface area contributed by atoms with Crippen LogP contribution in [0.4, 0.5) is 13.2 Å². The van der Waals surface area contributed by atoms with Gasteiger partial charge in [-0.1, -0.05) is 6.92 Å². The fourth-order valence-electron chi connectivity index (χ4n) is 1.55. The molecule has 0 aliphatic heterocycles. The number of hydrogen-bond donors (Lipinski definition) is 0. The standard InChI is InChI=1S/C14H16F3NO3/c1-3-8-21-12(19)9-18(2)13(20)10-4-6-11(7-5-10)14(15,16)17/h4-7H,3,8-9H2,1-2H3. The van der Waals surface area contributed by atoms with Gasteiger partial charge in [-0.3, -0.25) is 9.59 Å². The van der Waals surface area contributed by atoms with E-state index in [0.29, 0.717) is 6.42 Å². The summed E-state index contributed by atoms with van der Waals surface area (Å²) in [6.07, 6.45) is -3.78. The average Bonchev–Trinajstić information content (AvgIpc) is 2.43. The van der Waals surface area contributed by atoms with E-state index in [-0.39, 0.29) is 18.7 Å². The molecule has 4 nitrogen and oxygen atoms in total. The molecule has 0 heterocycles. The second-order valence-corrected chi connectivity index (χ2v) is 4.46. The summed E-state index contributed by atoms with van der Waals surface area (Å²) in [5.74, 6) is -1.10. The molecule has 116 valence electrons. The average molecular weight is 303 g/mol. The summed E-state index contributed by atoms with van der Waals surface area (Å²) in [6.45, 7) is 1.85. The Hall–Kier alpha value is -2.05. The molecule has 0 aromatic heterocycles. The van der Waals surface area contributed by atoms with Crippen molar-refractivity contribution in [2.24, 2.45) is 0 Å². The number of halogens is 3. The molecule has 0 spiro atoms. The highest BCUT2D eigenvalue weighted by molar-refractivity contribution is 5.95. The molecule has 0 bridgehead atoms. The van der Waals surface area contributed by atoms with Crippen LogP contribution in [0.3, 0.4) is 0 Å². The van der Waals surface area contributed by atoms with E-state index in [9.17, 15) is 22.8 Å². The minimum absolute atomic E-state index is 0.0776. The third kappa shape index (κ3) is 5.09. The lowest BCUT2D eigenvalue weighted by atomic mass is 10.1. The number of likely N-dealkylation sites (N-methyl/N-ethyl adjacent to an activating group) is 1. The summed E-state index contributed by atoms with van der Waals surface area (Å²) in [5, 5.41) is 0. The van der Waals surface area contributed by atoms with Gasteiger partial charge in [0.05, 0.1) is 12.2 Å². The van der Waals surface area contributed by atoms with Crippen molar-refractivity contribution in [3.05, 3.63) is 35.4 Å². The van der Waals surface area contributed by atoms with Crippen molar-refractivity contribution in [2.45, 2.75) is 19.5 Å². The van der Waals surface area contributed by atoms with E-state index in [1.54, 1.807) is 0 Å². The molecule has 0 aliphatic rings. The van der Waals surface area contributed by atoms with E-state index >= 15 is 0 Å². The van der Waals surface area contributed by atoms with Crippen LogP contribution in [0.5, 0.6) is 0 Å². The van der Waals surface area contributed by atoms with Gasteiger partial charge in [0, 0.05) is 12.6 Å². The molecule has 0 atom stereocenters. The Labute approximate surface area is 120 Å². The fraction of sp³-hybridized carbons (Fsp3) is 0.429. The topological polar surface area (TPSA) is 46.6 Å². The molecule has 0 unspecified atom stereocenters. The Bertz CT molecular complexity index is 497. The highest BCUT2D eigenvalue weighted by Gasteiger charge is 2.30. The first-order chi connectivity index (χ1) is 9.75. The van der Waals surface area contributed by atoms with E-state index in [4.69, 9.17) is 4.74 Å². The third-order valence-corrected chi connectivity index (χ3v) is 2.64. The highest BCUT2D eigenvalue weighted by Crippen LogP contribution is 2.29. The Kier molecular flexibility index (Phi) is 5.75. The summed E-state index contributed by atoms with van der Waals surface area (Å²) < 4.78 is 42.1. The van der Waals surface area contributed by atoms with Gasteiger partial charge < -0.3 is 9.64 Å². The lowest BCUT2D eigenvalue weighted by molar-refractivity contribution is -0.144. The van der Waals surface area contributed by atoms with Crippen LogP contribution >= 0.6 is 0 Å². The number of ether oxygens (including phenoxy) is 1. The van der Waals surface area contributed by atoms with Gasteiger partial charge in [-0.2, -0.15) is 13.2 Å². The smallest absolute Gasteiger partial charge is 0.416 e. The molecule has 0 saturated carbocycles. The molecule has 0 fully saturated rings. The number of alkyl halides is 3. The van der Waals surface area contributed by atoms with Crippen molar-refractivity contribution >= 4 is 11.9 Å². The SMILES string of the molecule is CCCOC(=O)CN(C)C(=O)c1ccc(C(F)(F)F)cc1. The van der Waals surface area contributed by atoms with Crippen molar-refractivity contribution < 1.29 is 27.5 Å². The molecule has 7 heteroatoms. The van der Waals surface area contributed by atoms with E-state index in [1.807, 2.05) is 6.92 Å². The number of esters is 1. The normalized spacial score (nSPS) is 11.1. The Morgan fingerprint density at radius 1 is 1.19 bits per heavy atom. The maximum atomic E-state index is 12.4. The summed E-state index contributed by atoms with van der Waals surface area (Å²) in [5.41, 5.74) is -0.752. The van der Waals surface area contributed by atoms with Gasteiger partial charge >= 0.3 is 12.1 Å². The molecular formula is C14H16F3NO3. The van der Waals surface area contributed by atoms with E-state index in [2.05, 4.69) is 0 Å². The maximum Gasteiger partial charge on any atom is 0.416 e. The van der Waals surface area contributed by atoms with Gasteiger partial charge in [0.2, 0.25) is 0 Å². The first-order valence-corrected chi connectivity index (χ1v) is 6.34. The quantitative estimate of drug-likeness (QED) is 0.786. The van der Waals surface area contributed by atoms with Gasteiger partial charge in [0.25, 0.3) is 5.91 Å². The number of nitrogens with zero attached hydrogens (tertiary/aromatic N) is 1. The zero-order valence-electron chi connectivity index (χ0n) is 11.7. The van der Waals surface area contributed by atoms with Gasteiger partial charge in [-0.15, -0.1) is 0 Å². The Morgan fingerprint density at radius 2 is 1.76 bits per heavy atom. The number of amides is 1. The van der Waals surface area contributed by atoms with Gasteiger partial charge in [0.1, 0.15) is 6.54 Å². The van der Waals surface area contributed by atoms with Crippen molar-refractivity contribution in [1.82, 2.24) is 4.90 Å². The molecule has 0 saturated heterocycles. The highest BCUT2D eigenvalue weighted by atomic mass is 19.4. The van der Waals surface area contributed by atoms with Crippen LogP contribution in [0.2, 0.25) is 0 Å². The zero-order valence-corrected chi connectivity index (χ0v) is 11.7.